The zero-order valence-corrected chi connectivity index (χ0v) is 14.5. The number of ether oxygens (including phenoxy) is 1. The van der Waals surface area contributed by atoms with Crippen molar-refractivity contribution in [2.45, 2.75) is 33.4 Å². The van der Waals surface area contributed by atoms with E-state index in [0.717, 1.165) is 16.9 Å². The summed E-state index contributed by atoms with van der Waals surface area (Å²) in [6.45, 7) is 6.16. The number of nitrogens with one attached hydrogen (secondary N) is 1. The molecule has 1 aromatic carbocycles. The molecular weight excluding hydrogens is 318 g/mol. The number of aromatic nitrogens is 2. The van der Waals surface area contributed by atoms with E-state index in [4.69, 9.17) is 9.15 Å². The molecule has 0 bridgehead atoms. The number of carbonyl (C=O) groups is 1. The molecule has 0 aliphatic carbocycles. The van der Waals surface area contributed by atoms with Crippen LogP contribution in [-0.2, 0) is 11.3 Å². The topological polar surface area (TPSA) is 69.3 Å². The Hall–Kier alpha value is -3.02. The standard InChI is InChI=1S/C19H21N3O3/c1-13-9-14(2)11-17(10-13)25-15(3)19(23)21-18-6-7-20-22(18)12-16-5-4-8-24-16/h4-11,15H,12H2,1-3H3,(H,21,23)/t15-/m1/s1. The number of amides is 1. The third-order valence-corrected chi connectivity index (χ3v) is 3.73. The maximum atomic E-state index is 12.4. The fraction of sp³-hybridized carbons (Fsp3) is 0.263. The van der Waals surface area contributed by atoms with Crippen LogP contribution < -0.4 is 10.1 Å². The van der Waals surface area contributed by atoms with Crippen LogP contribution in [0.5, 0.6) is 5.75 Å². The second-order valence-electron chi connectivity index (χ2n) is 6.03. The summed E-state index contributed by atoms with van der Waals surface area (Å²) in [7, 11) is 0. The predicted molar refractivity (Wildman–Crippen MR) is 94.7 cm³/mol. The Balaban J connectivity index is 1.65. The van der Waals surface area contributed by atoms with Gasteiger partial charge >= 0.3 is 0 Å². The van der Waals surface area contributed by atoms with E-state index in [9.17, 15) is 4.79 Å². The van der Waals surface area contributed by atoms with E-state index in [-0.39, 0.29) is 5.91 Å². The van der Waals surface area contributed by atoms with Crippen molar-refractivity contribution in [2.75, 3.05) is 5.32 Å². The molecule has 1 atom stereocenters. The monoisotopic (exact) mass is 339 g/mol. The van der Waals surface area contributed by atoms with Gasteiger partial charge < -0.3 is 14.5 Å². The van der Waals surface area contributed by atoms with Crippen LogP contribution in [0.15, 0.2) is 53.3 Å². The van der Waals surface area contributed by atoms with Crippen LogP contribution in [0.2, 0.25) is 0 Å². The number of hydrogen-bond acceptors (Lipinski definition) is 4. The first kappa shape index (κ1) is 16.8. The van der Waals surface area contributed by atoms with Crippen molar-refractivity contribution in [2.24, 2.45) is 0 Å². The van der Waals surface area contributed by atoms with Crippen molar-refractivity contribution in [1.29, 1.82) is 0 Å². The minimum Gasteiger partial charge on any atom is -0.481 e. The summed E-state index contributed by atoms with van der Waals surface area (Å²) >= 11 is 0. The van der Waals surface area contributed by atoms with Crippen molar-refractivity contribution < 1.29 is 13.9 Å². The van der Waals surface area contributed by atoms with Gasteiger partial charge in [-0.15, -0.1) is 0 Å². The van der Waals surface area contributed by atoms with Crippen LogP contribution in [-0.4, -0.2) is 21.8 Å². The fourth-order valence-corrected chi connectivity index (χ4v) is 2.60. The SMILES string of the molecule is Cc1cc(C)cc(O[C@H](C)C(=O)Nc2ccnn2Cc2ccco2)c1. The molecule has 25 heavy (non-hydrogen) atoms. The van der Waals surface area contributed by atoms with E-state index in [1.165, 1.54) is 0 Å². The first-order chi connectivity index (χ1) is 12.0. The second-order valence-corrected chi connectivity index (χ2v) is 6.03. The molecule has 6 heteroatoms. The normalized spacial score (nSPS) is 12.0. The number of hydrogen-bond donors (Lipinski definition) is 1. The molecule has 0 aliphatic heterocycles. The maximum Gasteiger partial charge on any atom is 0.266 e. The van der Waals surface area contributed by atoms with E-state index < -0.39 is 6.10 Å². The highest BCUT2D eigenvalue weighted by Crippen LogP contribution is 2.18. The fourth-order valence-electron chi connectivity index (χ4n) is 2.60. The molecule has 0 unspecified atom stereocenters. The third-order valence-electron chi connectivity index (χ3n) is 3.73. The molecule has 6 nitrogen and oxygen atoms in total. The van der Waals surface area contributed by atoms with Gasteiger partial charge in [-0.2, -0.15) is 5.10 Å². The Bertz CT molecular complexity index is 832. The molecule has 0 spiro atoms. The van der Waals surface area contributed by atoms with Crippen LogP contribution in [0, 0.1) is 13.8 Å². The Morgan fingerprint density at radius 1 is 1.28 bits per heavy atom. The van der Waals surface area contributed by atoms with Gasteiger partial charge in [0.2, 0.25) is 0 Å². The van der Waals surface area contributed by atoms with Crippen LogP contribution >= 0.6 is 0 Å². The Kier molecular flexibility index (Phi) is 4.88. The molecule has 130 valence electrons. The molecular formula is C19H21N3O3. The minimum atomic E-state index is -0.631. The first-order valence-corrected chi connectivity index (χ1v) is 8.11. The Morgan fingerprint density at radius 2 is 2.04 bits per heavy atom. The number of benzene rings is 1. The summed E-state index contributed by atoms with van der Waals surface area (Å²) in [6.07, 6.45) is 2.61. The van der Waals surface area contributed by atoms with Gasteiger partial charge in [0.15, 0.2) is 6.10 Å². The number of furan rings is 1. The highest BCUT2D eigenvalue weighted by molar-refractivity contribution is 5.93. The molecule has 2 aromatic heterocycles. The van der Waals surface area contributed by atoms with E-state index in [0.29, 0.717) is 18.1 Å². The summed E-state index contributed by atoms with van der Waals surface area (Å²) < 4.78 is 12.8. The Morgan fingerprint density at radius 3 is 2.72 bits per heavy atom. The molecule has 3 aromatic rings. The molecule has 0 radical (unpaired) electrons. The molecule has 0 fully saturated rings. The Labute approximate surface area is 146 Å². The molecule has 0 saturated heterocycles. The average molecular weight is 339 g/mol. The molecule has 3 rings (SSSR count). The minimum absolute atomic E-state index is 0.236. The lowest BCUT2D eigenvalue weighted by molar-refractivity contribution is -0.122. The molecule has 2 heterocycles. The van der Waals surface area contributed by atoms with Gasteiger partial charge in [-0.05, 0) is 56.2 Å². The largest absolute Gasteiger partial charge is 0.481 e. The second kappa shape index (κ2) is 7.25. The highest BCUT2D eigenvalue weighted by atomic mass is 16.5. The molecule has 1 amide bonds. The van der Waals surface area contributed by atoms with Gasteiger partial charge in [0.25, 0.3) is 5.91 Å². The number of carbonyl (C=O) groups excluding carboxylic acids is 1. The lowest BCUT2D eigenvalue weighted by Gasteiger charge is -2.16. The number of anilines is 1. The first-order valence-electron chi connectivity index (χ1n) is 8.11. The van der Waals surface area contributed by atoms with E-state index in [1.54, 1.807) is 30.1 Å². The predicted octanol–water partition coefficient (Wildman–Crippen LogP) is 3.55. The number of aryl methyl sites for hydroxylation is 2. The van der Waals surface area contributed by atoms with E-state index in [1.807, 2.05) is 38.1 Å². The van der Waals surface area contributed by atoms with Crippen LogP contribution in [0.4, 0.5) is 5.82 Å². The van der Waals surface area contributed by atoms with E-state index in [2.05, 4.69) is 16.5 Å². The zero-order valence-electron chi connectivity index (χ0n) is 14.5. The van der Waals surface area contributed by atoms with Crippen molar-refractivity contribution in [1.82, 2.24) is 9.78 Å². The summed E-state index contributed by atoms with van der Waals surface area (Å²) in [5.41, 5.74) is 2.19. The average Bonchev–Trinajstić information content (AvgIpc) is 3.19. The lowest BCUT2D eigenvalue weighted by Crippen LogP contribution is -2.31. The van der Waals surface area contributed by atoms with Gasteiger partial charge in [0.05, 0.1) is 12.5 Å². The third kappa shape index (κ3) is 4.29. The maximum absolute atomic E-state index is 12.4. The van der Waals surface area contributed by atoms with Gasteiger partial charge in [0, 0.05) is 6.07 Å². The highest BCUT2D eigenvalue weighted by Gasteiger charge is 2.17. The number of nitrogens with zero attached hydrogens (tertiary/aromatic N) is 2. The lowest BCUT2D eigenvalue weighted by atomic mass is 10.1. The van der Waals surface area contributed by atoms with Gasteiger partial charge in [-0.1, -0.05) is 6.07 Å². The van der Waals surface area contributed by atoms with E-state index >= 15 is 0 Å². The van der Waals surface area contributed by atoms with Crippen molar-refractivity contribution >= 4 is 11.7 Å². The van der Waals surface area contributed by atoms with Gasteiger partial charge in [0.1, 0.15) is 23.9 Å². The summed E-state index contributed by atoms with van der Waals surface area (Å²) in [6, 6.07) is 11.3. The van der Waals surface area contributed by atoms with Crippen molar-refractivity contribution in [3.05, 3.63) is 65.7 Å². The summed E-state index contributed by atoms with van der Waals surface area (Å²) in [5.74, 6) is 1.81. The summed E-state index contributed by atoms with van der Waals surface area (Å²) in [4.78, 5) is 12.4. The number of rotatable bonds is 6. The van der Waals surface area contributed by atoms with Gasteiger partial charge in [-0.3, -0.25) is 4.79 Å². The molecule has 1 N–H and O–H groups in total. The smallest absolute Gasteiger partial charge is 0.266 e. The van der Waals surface area contributed by atoms with Crippen LogP contribution in [0.3, 0.4) is 0 Å². The molecule has 0 saturated carbocycles. The van der Waals surface area contributed by atoms with Crippen LogP contribution in [0.1, 0.15) is 23.8 Å². The zero-order chi connectivity index (χ0) is 17.8. The van der Waals surface area contributed by atoms with Crippen molar-refractivity contribution in [3.63, 3.8) is 0 Å². The quantitative estimate of drug-likeness (QED) is 0.746. The molecule has 0 aliphatic rings. The summed E-state index contributed by atoms with van der Waals surface area (Å²) in [5, 5.41) is 7.06. The van der Waals surface area contributed by atoms with Gasteiger partial charge in [-0.25, -0.2) is 4.68 Å². The van der Waals surface area contributed by atoms with Crippen molar-refractivity contribution in [3.8, 4) is 5.75 Å². The van der Waals surface area contributed by atoms with Crippen LogP contribution in [0.25, 0.3) is 0 Å².